The molecular formula is C17H18ClN3OS. The Morgan fingerprint density at radius 1 is 0.913 bits per heavy atom. The predicted octanol–water partition coefficient (Wildman–Crippen LogP) is 3.74. The number of benzene rings is 2. The molecule has 1 fully saturated rings. The van der Waals surface area contributed by atoms with Gasteiger partial charge < -0.3 is 10.2 Å². The van der Waals surface area contributed by atoms with Crippen molar-refractivity contribution < 1.29 is 4.79 Å². The normalized spacial score (nSPS) is 16.2. The summed E-state index contributed by atoms with van der Waals surface area (Å²) in [6.45, 7) is 3.23. The van der Waals surface area contributed by atoms with Crippen LogP contribution in [-0.4, -0.2) is 37.1 Å². The molecule has 2 heterocycles. The number of urea groups is 1. The molecule has 6 heteroatoms. The van der Waals surface area contributed by atoms with E-state index in [2.05, 4.69) is 17.4 Å². The van der Waals surface area contributed by atoms with Gasteiger partial charge in [-0.15, -0.1) is 12.4 Å². The summed E-state index contributed by atoms with van der Waals surface area (Å²) < 4.78 is 0. The van der Waals surface area contributed by atoms with Gasteiger partial charge in [-0.3, -0.25) is 4.90 Å². The molecule has 4 rings (SSSR count). The van der Waals surface area contributed by atoms with Gasteiger partial charge in [-0.05, 0) is 24.3 Å². The van der Waals surface area contributed by atoms with Gasteiger partial charge in [0.1, 0.15) is 0 Å². The van der Waals surface area contributed by atoms with Gasteiger partial charge in [0.15, 0.2) is 0 Å². The van der Waals surface area contributed by atoms with Crippen LogP contribution in [-0.2, 0) is 0 Å². The van der Waals surface area contributed by atoms with E-state index in [-0.39, 0.29) is 18.4 Å². The molecule has 0 radical (unpaired) electrons. The molecule has 0 saturated carbocycles. The molecular weight excluding hydrogens is 330 g/mol. The van der Waals surface area contributed by atoms with E-state index in [1.807, 2.05) is 46.2 Å². The summed E-state index contributed by atoms with van der Waals surface area (Å²) in [6, 6.07) is 16.3. The van der Waals surface area contributed by atoms with Gasteiger partial charge >= 0.3 is 6.03 Å². The first-order chi connectivity index (χ1) is 10.8. The fourth-order valence-electron chi connectivity index (χ4n) is 2.91. The summed E-state index contributed by atoms with van der Waals surface area (Å²) in [7, 11) is 0. The predicted molar refractivity (Wildman–Crippen MR) is 96.2 cm³/mol. The number of nitrogens with one attached hydrogen (secondary N) is 1. The number of fused-ring (bicyclic) bond motifs is 2. The van der Waals surface area contributed by atoms with Crippen LogP contribution in [0.3, 0.4) is 0 Å². The van der Waals surface area contributed by atoms with Gasteiger partial charge in [-0.1, -0.05) is 36.0 Å². The van der Waals surface area contributed by atoms with E-state index in [0.29, 0.717) is 0 Å². The number of nitrogens with zero attached hydrogens (tertiary/aromatic N) is 2. The van der Waals surface area contributed by atoms with Gasteiger partial charge in [0, 0.05) is 36.0 Å². The third-order valence-corrected chi connectivity index (χ3v) is 5.14. The van der Waals surface area contributed by atoms with Crippen LogP contribution in [0.5, 0.6) is 0 Å². The lowest BCUT2D eigenvalue weighted by Crippen LogP contribution is -2.50. The number of para-hydroxylation sites is 2. The second kappa shape index (κ2) is 6.83. The zero-order chi connectivity index (χ0) is 14.9. The number of amides is 2. The Morgan fingerprint density at radius 2 is 1.43 bits per heavy atom. The van der Waals surface area contributed by atoms with Crippen LogP contribution in [0, 0.1) is 0 Å². The molecule has 2 aromatic rings. The van der Waals surface area contributed by atoms with E-state index in [1.54, 1.807) is 11.8 Å². The third-order valence-electron chi connectivity index (χ3n) is 4.01. The molecule has 0 aromatic heterocycles. The molecule has 120 valence electrons. The molecule has 0 unspecified atom stereocenters. The lowest BCUT2D eigenvalue weighted by molar-refractivity contribution is 0.199. The van der Waals surface area contributed by atoms with Crippen molar-refractivity contribution in [1.29, 1.82) is 0 Å². The number of rotatable bonds is 0. The summed E-state index contributed by atoms with van der Waals surface area (Å²) in [5.41, 5.74) is 1.96. The summed E-state index contributed by atoms with van der Waals surface area (Å²) in [4.78, 5) is 19.2. The molecule has 2 aliphatic rings. The minimum Gasteiger partial charge on any atom is -0.322 e. The molecule has 0 atom stereocenters. The van der Waals surface area contributed by atoms with Gasteiger partial charge in [0.25, 0.3) is 0 Å². The molecule has 1 N–H and O–H groups in total. The molecule has 2 aliphatic heterocycles. The highest BCUT2D eigenvalue weighted by molar-refractivity contribution is 7.99. The van der Waals surface area contributed by atoms with Crippen LogP contribution >= 0.6 is 24.2 Å². The molecule has 0 aliphatic carbocycles. The van der Waals surface area contributed by atoms with E-state index in [1.165, 1.54) is 0 Å². The van der Waals surface area contributed by atoms with Crippen molar-refractivity contribution in [2.75, 3.05) is 31.1 Å². The first-order valence-corrected chi connectivity index (χ1v) is 8.32. The minimum atomic E-state index is 0. The Morgan fingerprint density at radius 3 is 2.00 bits per heavy atom. The summed E-state index contributed by atoms with van der Waals surface area (Å²) in [5.74, 6) is 0. The van der Waals surface area contributed by atoms with E-state index in [9.17, 15) is 4.79 Å². The largest absolute Gasteiger partial charge is 0.329 e. The summed E-state index contributed by atoms with van der Waals surface area (Å²) in [6.07, 6.45) is 0. The average molecular weight is 348 g/mol. The Labute approximate surface area is 146 Å². The number of hydrogen-bond donors (Lipinski definition) is 1. The van der Waals surface area contributed by atoms with E-state index in [0.717, 1.165) is 47.3 Å². The Kier molecular flexibility index (Phi) is 4.80. The van der Waals surface area contributed by atoms with Crippen molar-refractivity contribution in [2.24, 2.45) is 0 Å². The molecule has 4 nitrogen and oxygen atoms in total. The Hall–Kier alpha value is -1.69. The van der Waals surface area contributed by atoms with Crippen molar-refractivity contribution in [3.63, 3.8) is 0 Å². The Bertz CT molecular complexity index is 673. The van der Waals surface area contributed by atoms with Crippen LogP contribution in [0.1, 0.15) is 0 Å². The zero-order valence-electron chi connectivity index (χ0n) is 12.6. The van der Waals surface area contributed by atoms with Crippen molar-refractivity contribution >= 4 is 41.6 Å². The minimum absolute atomic E-state index is 0. The lowest BCUT2D eigenvalue weighted by Gasteiger charge is -2.36. The summed E-state index contributed by atoms with van der Waals surface area (Å²) >= 11 is 1.73. The van der Waals surface area contributed by atoms with Crippen molar-refractivity contribution in [3.8, 4) is 0 Å². The SMILES string of the molecule is Cl.O=C(N1CCNCC1)N1c2ccccc2Sc2ccccc21. The number of piperazine rings is 1. The maximum atomic E-state index is 13.1. The topological polar surface area (TPSA) is 35.6 Å². The highest BCUT2D eigenvalue weighted by atomic mass is 35.5. The number of carbonyl (C=O) groups excluding carboxylic acids is 1. The van der Waals surface area contributed by atoms with Crippen molar-refractivity contribution in [1.82, 2.24) is 10.2 Å². The first kappa shape index (κ1) is 16.2. The van der Waals surface area contributed by atoms with Crippen molar-refractivity contribution in [2.45, 2.75) is 9.79 Å². The van der Waals surface area contributed by atoms with Crippen LogP contribution in [0.25, 0.3) is 0 Å². The van der Waals surface area contributed by atoms with Crippen LogP contribution in [0.4, 0.5) is 16.2 Å². The molecule has 1 saturated heterocycles. The second-order valence-corrected chi connectivity index (χ2v) is 6.48. The van der Waals surface area contributed by atoms with Gasteiger partial charge in [0.05, 0.1) is 11.4 Å². The second-order valence-electron chi connectivity index (χ2n) is 5.39. The number of halogens is 1. The van der Waals surface area contributed by atoms with Crippen molar-refractivity contribution in [3.05, 3.63) is 48.5 Å². The fourth-order valence-corrected chi connectivity index (χ4v) is 3.97. The molecule has 2 amide bonds. The first-order valence-electron chi connectivity index (χ1n) is 7.50. The van der Waals surface area contributed by atoms with E-state index in [4.69, 9.17) is 0 Å². The number of carbonyl (C=O) groups is 1. The number of anilines is 2. The van der Waals surface area contributed by atoms with Gasteiger partial charge in [-0.2, -0.15) is 0 Å². The van der Waals surface area contributed by atoms with Crippen LogP contribution in [0.15, 0.2) is 58.3 Å². The highest BCUT2D eigenvalue weighted by Crippen LogP contribution is 2.48. The van der Waals surface area contributed by atoms with Crippen LogP contribution < -0.4 is 10.2 Å². The smallest absolute Gasteiger partial charge is 0.322 e. The zero-order valence-corrected chi connectivity index (χ0v) is 14.2. The standard InChI is InChI=1S/C17H17N3OS.ClH/c21-17(19-11-9-18-10-12-19)20-13-5-1-3-7-15(13)22-16-8-4-2-6-14(16)20;/h1-8,18H,9-12H2;1H. The lowest BCUT2D eigenvalue weighted by atomic mass is 10.2. The highest BCUT2D eigenvalue weighted by Gasteiger charge is 2.31. The molecule has 23 heavy (non-hydrogen) atoms. The third kappa shape index (κ3) is 2.92. The monoisotopic (exact) mass is 347 g/mol. The summed E-state index contributed by atoms with van der Waals surface area (Å²) in [5, 5.41) is 3.29. The van der Waals surface area contributed by atoms with Crippen LogP contribution in [0.2, 0.25) is 0 Å². The Balaban J connectivity index is 0.00000156. The fraction of sp³-hybridized carbons (Fsp3) is 0.235. The molecule has 0 bridgehead atoms. The van der Waals surface area contributed by atoms with E-state index >= 15 is 0 Å². The quantitative estimate of drug-likeness (QED) is 0.788. The maximum Gasteiger partial charge on any atom is 0.329 e. The molecule has 0 spiro atoms. The van der Waals surface area contributed by atoms with E-state index < -0.39 is 0 Å². The molecule has 2 aromatic carbocycles. The van der Waals surface area contributed by atoms with Gasteiger partial charge in [0.2, 0.25) is 0 Å². The maximum absolute atomic E-state index is 13.1. The average Bonchev–Trinajstić information content (AvgIpc) is 2.60. The number of hydrogen-bond acceptors (Lipinski definition) is 3. The van der Waals surface area contributed by atoms with Gasteiger partial charge in [-0.25, -0.2) is 4.79 Å².